The van der Waals surface area contributed by atoms with Gasteiger partial charge in [-0.1, -0.05) is 12.1 Å². The van der Waals surface area contributed by atoms with Crippen molar-refractivity contribution in [2.75, 3.05) is 37.7 Å². The molecule has 0 radical (unpaired) electrons. The van der Waals surface area contributed by atoms with Crippen LogP contribution in [0.4, 0.5) is 0 Å². The highest BCUT2D eigenvalue weighted by Gasteiger charge is 2.28. The molecule has 0 aromatic heterocycles. The van der Waals surface area contributed by atoms with Gasteiger partial charge in [-0.05, 0) is 29.9 Å². The number of carbonyl (C=O) groups excluding carboxylic acids is 1. The fourth-order valence-corrected chi connectivity index (χ4v) is 4.34. The van der Waals surface area contributed by atoms with Crippen LogP contribution in [0, 0.1) is 0 Å². The Labute approximate surface area is 130 Å². The van der Waals surface area contributed by atoms with E-state index in [-0.39, 0.29) is 12.5 Å². The molecule has 1 aromatic carbocycles. The van der Waals surface area contributed by atoms with Crippen LogP contribution in [0.1, 0.15) is 22.3 Å². The van der Waals surface area contributed by atoms with Crippen LogP contribution in [0.25, 0.3) is 0 Å². The maximum absolute atomic E-state index is 12.5. The van der Waals surface area contributed by atoms with Crippen molar-refractivity contribution in [3.63, 3.8) is 0 Å². The summed E-state index contributed by atoms with van der Waals surface area (Å²) in [6, 6.07) is 8.02. The van der Waals surface area contributed by atoms with Gasteiger partial charge >= 0.3 is 0 Å². The molecule has 2 aliphatic rings. The van der Waals surface area contributed by atoms with Crippen molar-refractivity contribution in [2.45, 2.75) is 19.1 Å². The van der Waals surface area contributed by atoms with Gasteiger partial charge in [0.1, 0.15) is 0 Å². The van der Waals surface area contributed by atoms with E-state index in [4.69, 9.17) is 0 Å². The van der Waals surface area contributed by atoms with Gasteiger partial charge in [-0.2, -0.15) is 11.8 Å². The Morgan fingerprint density at radius 1 is 1.29 bits per heavy atom. The Kier molecular flexibility index (Phi) is 4.83. The number of amides is 1. The van der Waals surface area contributed by atoms with E-state index in [1.54, 1.807) is 6.07 Å². The number of rotatable bonds is 3. The van der Waals surface area contributed by atoms with Crippen LogP contribution in [0.5, 0.6) is 0 Å². The summed E-state index contributed by atoms with van der Waals surface area (Å²) in [5.41, 5.74) is 1.48. The normalized spacial score (nSPS) is 23.5. The van der Waals surface area contributed by atoms with Crippen LogP contribution < -0.4 is 0 Å². The van der Waals surface area contributed by atoms with Crippen LogP contribution in [-0.2, 0) is 6.61 Å². The molecule has 1 amide bonds. The molecule has 114 valence electrons. The summed E-state index contributed by atoms with van der Waals surface area (Å²) in [4.78, 5) is 17.0. The van der Waals surface area contributed by atoms with Crippen molar-refractivity contribution in [3.8, 4) is 0 Å². The van der Waals surface area contributed by atoms with Crippen molar-refractivity contribution in [1.29, 1.82) is 0 Å². The minimum absolute atomic E-state index is 0.0196. The number of carbonyl (C=O) groups is 1. The first-order valence-corrected chi connectivity index (χ1v) is 8.74. The molecule has 2 heterocycles. The van der Waals surface area contributed by atoms with Gasteiger partial charge in [0, 0.05) is 43.5 Å². The topological polar surface area (TPSA) is 43.8 Å². The average molecular weight is 306 g/mol. The standard InChI is InChI=1S/C16H22N2O2S/c19-11-13-2-1-3-14(10-13)16(20)18-7-5-17(6-8-18)15-4-9-21-12-15/h1-3,10,15,19H,4-9,11-12H2. The number of piperazine rings is 1. The number of aliphatic hydroxyl groups is 1. The van der Waals surface area contributed by atoms with Gasteiger partial charge in [0.15, 0.2) is 0 Å². The number of hydrogen-bond acceptors (Lipinski definition) is 4. The Morgan fingerprint density at radius 3 is 2.76 bits per heavy atom. The predicted molar refractivity (Wildman–Crippen MR) is 85.6 cm³/mol. The number of thioether (sulfide) groups is 1. The van der Waals surface area contributed by atoms with Crippen LogP contribution >= 0.6 is 11.8 Å². The van der Waals surface area contributed by atoms with Crippen LogP contribution in [0.2, 0.25) is 0 Å². The van der Waals surface area contributed by atoms with E-state index in [0.717, 1.165) is 31.7 Å². The van der Waals surface area contributed by atoms with Gasteiger partial charge in [0.2, 0.25) is 0 Å². The molecule has 0 aliphatic carbocycles. The Morgan fingerprint density at radius 2 is 2.10 bits per heavy atom. The third-order valence-electron chi connectivity index (χ3n) is 4.38. The fraction of sp³-hybridized carbons (Fsp3) is 0.562. The van der Waals surface area contributed by atoms with Crippen LogP contribution in [-0.4, -0.2) is 64.5 Å². The largest absolute Gasteiger partial charge is 0.392 e. The molecule has 1 atom stereocenters. The molecule has 5 heteroatoms. The molecule has 0 saturated carbocycles. The lowest BCUT2D eigenvalue weighted by atomic mass is 10.1. The lowest BCUT2D eigenvalue weighted by Gasteiger charge is -2.37. The summed E-state index contributed by atoms with van der Waals surface area (Å²) in [7, 11) is 0. The molecular formula is C16H22N2O2S. The third-order valence-corrected chi connectivity index (χ3v) is 5.52. The molecule has 2 saturated heterocycles. The molecule has 0 spiro atoms. The van der Waals surface area contributed by atoms with Crippen molar-refractivity contribution in [3.05, 3.63) is 35.4 Å². The van der Waals surface area contributed by atoms with Gasteiger partial charge in [0.05, 0.1) is 6.61 Å². The summed E-state index contributed by atoms with van der Waals surface area (Å²) in [5, 5.41) is 9.18. The van der Waals surface area contributed by atoms with Crippen LogP contribution in [0.3, 0.4) is 0 Å². The second-order valence-electron chi connectivity index (χ2n) is 5.70. The maximum Gasteiger partial charge on any atom is 0.253 e. The number of benzene rings is 1. The minimum atomic E-state index is -0.0196. The average Bonchev–Trinajstić information content (AvgIpc) is 3.09. The zero-order chi connectivity index (χ0) is 14.7. The zero-order valence-electron chi connectivity index (χ0n) is 12.2. The smallest absolute Gasteiger partial charge is 0.253 e. The van der Waals surface area contributed by atoms with Crippen molar-refractivity contribution in [1.82, 2.24) is 9.80 Å². The second kappa shape index (κ2) is 6.81. The van der Waals surface area contributed by atoms with E-state index >= 15 is 0 Å². The summed E-state index contributed by atoms with van der Waals surface area (Å²) in [6.07, 6.45) is 1.29. The molecular weight excluding hydrogens is 284 g/mol. The maximum atomic E-state index is 12.5. The monoisotopic (exact) mass is 306 g/mol. The quantitative estimate of drug-likeness (QED) is 0.918. The van der Waals surface area contributed by atoms with Crippen molar-refractivity contribution in [2.24, 2.45) is 0 Å². The van der Waals surface area contributed by atoms with Gasteiger partial charge in [-0.15, -0.1) is 0 Å². The predicted octanol–water partition coefficient (Wildman–Crippen LogP) is 1.44. The molecule has 1 N–H and O–H groups in total. The summed E-state index contributed by atoms with van der Waals surface area (Å²) < 4.78 is 0. The van der Waals surface area contributed by atoms with Gasteiger partial charge < -0.3 is 10.0 Å². The molecule has 2 aliphatic heterocycles. The zero-order valence-corrected chi connectivity index (χ0v) is 13.0. The summed E-state index contributed by atoms with van der Waals surface area (Å²) in [6.45, 7) is 3.56. The van der Waals surface area contributed by atoms with E-state index in [1.165, 1.54) is 17.9 Å². The van der Waals surface area contributed by atoms with Crippen molar-refractivity contribution >= 4 is 17.7 Å². The molecule has 1 unspecified atom stereocenters. The lowest BCUT2D eigenvalue weighted by molar-refractivity contribution is 0.0588. The van der Waals surface area contributed by atoms with Gasteiger partial charge in [-0.3, -0.25) is 9.69 Å². The van der Waals surface area contributed by atoms with Crippen LogP contribution in [0.15, 0.2) is 24.3 Å². The van der Waals surface area contributed by atoms with Crippen molar-refractivity contribution < 1.29 is 9.90 Å². The number of hydrogen-bond donors (Lipinski definition) is 1. The first-order valence-electron chi connectivity index (χ1n) is 7.59. The molecule has 21 heavy (non-hydrogen) atoms. The Balaban J connectivity index is 1.59. The summed E-state index contributed by atoms with van der Waals surface area (Å²) in [5.74, 6) is 2.61. The highest BCUT2D eigenvalue weighted by atomic mass is 32.2. The first-order chi connectivity index (χ1) is 10.3. The van der Waals surface area contributed by atoms with E-state index < -0.39 is 0 Å². The van der Waals surface area contributed by atoms with E-state index in [2.05, 4.69) is 4.90 Å². The van der Waals surface area contributed by atoms with Gasteiger partial charge in [-0.25, -0.2) is 0 Å². The minimum Gasteiger partial charge on any atom is -0.392 e. The molecule has 4 nitrogen and oxygen atoms in total. The molecule has 3 rings (SSSR count). The highest BCUT2D eigenvalue weighted by Crippen LogP contribution is 2.23. The van der Waals surface area contributed by atoms with E-state index in [9.17, 15) is 9.90 Å². The van der Waals surface area contributed by atoms with Gasteiger partial charge in [0.25, 0.3) is 5.91 Å². The number of aliphatic hydroxyl groups excluding tert-OH is 1. The fourth-order valence-electron chi connectivity index (χ4n) is 3.09. The Hall–Kier alpha value is -1.04. The lowest BCUT2D eigenvalue weighted by Crippen LogP contribution is -2.52. The number of nitrogens with zero attached hydrogens (tertiary/aromatic N) is 2. The Bertz CT molecular complexity index is 495. The SMILES string of the molecule is O=C(c1cccc(CO)c1)N1CCN(C2CCSC2)CC1. The first kappa shape index (κ1) is 14.9. The van der Waals surface area contributed by atoms with E-state index in [1.807, 2.05) is 34.9 Å². The molecule has 2 fully saturated rings. The second-order valence-corrected chi connectivity index (χ2v) is 6.85. The molecule has 0 bridgehead atoms. The third kappa shape index (κ3) is 3.42. The summed E-state index contributed by atoms with van der Waals surface area (Å²) >= 11 is 2.04. The molecule has 1 aromatic rings. The highest BCUT2D eigenvalue weighted by molar-refractivity contribution is 7.99. The van der Waals surface area contributed by atoms with E-state index in [0.29, 0.717) is 11.6 Å².